The van der Waals surface area contributed by atoms with E-state index in [0.29, 0.717) is 0 Å². The van der Waals surface area contributed by atoms with Crippen LogP contribution in [0.25, 0.3) is 0 Å². The van der Waals surface area contributed by atoms with Gasteiger partial charge in [0.05, 0.1) is 18.4 Å². The van der Waals surface area contributed by atoms with E-state index in [1.54, 1.807) is 13.8 Å². The number of anilines is 1. The smallest absolute Gasteiger partial charge is 0.244 e. The Hall–Kier alpha value is -1.78. The fraction of sp³-hybridized carbons (Fsp3) is 0.500. The van der Waals surface area contributed by atoms with Gasteiger partial charge in [0.15, 0.2) is 0 Å². The van der Waals surface area contributed by atoms with Gasteiger partial charge in [0.1, 0.15) is 4.90 Å². The van der Waals surface area contributed by atoms with E-state index in [4.69, 9.17) is 5.84 Å². The molecular weight excluding hydrogens is 284 g/mol. The van der Waals surface area contributed by atoms with Crippen LogP contribution in [0.3, 0.4) is 0 Å². The average Bonchev–Trinajstić information content (AvgIpc) is 2.37. The predicted octanol–water partition coefficient (Wildman–Crippen LogP) is -1.05. The first-order valence-corrected chi connectivity index (χ1v) is 7.36. The van der Waals surface area contributed by atoms with Crippen LogP contribution in [0.1, 0.15) is 20.8 Å². The van der Waals surface area contributed by atoms with Crippen molar-refractivity contribution in [2.45, 2.75) is 37.8 Å². The third kappa shape index (κ3) is 4.40. The van der Waals surface area contributed by atoms with Crippen LogP contribution in [0, 0.1) is 0 Å². The minimum Gasteiger partial charge on any atom is -0.353 e. The number of rotatable bonds is 6. The molecule has 1 amide bonds. The van der Waals surface area contributed by atoms with Gasteiger partial charge in [-0.05, 0) is 20.8 Å². The Labute approximate surface area is 117 Å². The molecule has 0 radical (unpaired) electrons. The number of nitrogens with two attached hydrogens (primary N) is 1. The Morgan fingerprint density at radius 2 is 1.80 bits per heavy atom. The highest BCUT2D eigenvalue weighted by atomic mass is 32.2. The van der Waals surface area contributed by atoms with E-state index in [0.717, 1.165) is 12.4 Å². The second-order valence-electron chi connectivity index (χ2n) is 4.39. The Balaban J connectivity index is 2.80. The van der Waals surface area contributed by atoms with Gasteiger partial charge in [-0.2, -0.15) is 4.72 Å². The maximum Gasteiger partial charge on any atom is 0.244 e. The molecule has 1 aromatic heterocycles. The van der Waals surface area contributed by atoms with Gasteiger partial charge in [-0.3, -0.25) is 10.2 Å². The molecule has 0 aliphatic rings. The Kier molecular flexibility index (Phi) is 5.36. The number of nitrogens with zero attached hydrogens (tertiary/aromatic N) is 2. The lowest BCUT2D eigenvalue weighted by Gasteiger charge is -2.16. The number of nitrogens with one attached hydrogen (secondary N) is 3. The van der Waals surface area contributed by atoms with Crippen molar-refractivity contribution in [2.75, 3.05) is 5.43 Å². The molecule has 0 aliphatic heterocycles. The van der Waals surface area contributed by atoms with Crippen LogP contribution in [0.15, 0.2) is 17.3 Å². The summed E-state index contributed by atoms with van der Waals surface area (Å²) in [6, 6.07) is -0.984. The molecule has 0 fully saturated rings. The van der Waals surface area contributed by atoms with Crippen LogP contribution >= 0.6 is 0 Å². The van der Waals surface area contributed by atoms with Crippen molar-refractivity contribution in [3.05, 3.63) is 12.4 Å². The highest BCUT2D eigenvalue weighted by molar-refractivity contribution is 7.89. The van der Waals surface area contributed by atoms with Gasteiger partial charge >= 0.3 is 0 Å². The lowest BCUT2D eigenvalue weighted by Crippen LogP contribution is -2.46. The maximum atomic E-state index is 12.0. The SMILES string of the molecule is CC(C)NC(=O)C(C)NS(=O)(=O)c1cnc(NN)nc1. The maximum absolute atomic E-state index is 12.0. The van der Waals surface area contributed by atoms with Crippen LogP contribution < -0.4 is 21.3 Å². The molecule has 1 rings (SSSR count). The summed E-state index contributed by atoms with van der Waals surface area (Å²) < 4.78 is 26.3. The van der Waals surface area contributed by atoms with Gasteiger partial charge < -0.3 is 5.32 Å². The van der Waals surface area contributed by atoms with Crippen LogP contribution in [-0.4, -0.2) is 36.4 Å². The molecule has 1 aromatic rings. The highest BCUT2D eigenvalue weighted by Crippen LogP contribution is 2.07. The van der Waals surface area contributed by atoms with Crippen molar-refractivity contribution in [3.63, 3.8) is 0 Å². The number of nitrogen functional groups attached to an aromatic ring is 1. The molecule has 5 N–H and O–H groups in total. The van der Waals surface area contributed by atoms with Crippen LogP contribution in [0.2, 0.25) is 0 Å². The van der Waals surface area contributed by atoms with E-state index in [1.165, 1.54) is 6.92 Å². The lowest BCUT2D eigenvalue weighted by molar-refractivity contribution is -0.122. The number of hydrogen-bond donors (Lipinski definition) is 4. The molecule has 1 heterocycles. The van der Waals surface area contributed by atoms with Crippen LogP contribution in [-0.2, 0) is 14.8 Å². The minimum absolute atomic E-state index is 0.0762. The van der Waals surface area contributed by atoms with Crippen LogP contribution in [0.5, 0.6) is 0 Å². The van der Waals surface area contributed by atoms with Gasteiger partial charge in [-0.1, -0.05) is 0 Å². The van der Waals surface area contributed by atoms with E-state index in [1.807, 2.05) is 0 Å². The summed E-state index contributed by atoms with van der Waals surface area (Å²) in [6.07, 6.45) is 2.19. The number of hydrogen-bond acceptors (Lipinski definition) is 7. The first kappa shape index (κ1) is 16.3. The number of carbonyl (C=O) groups excluding carboxylic acids is 1. The molecular formula is C10H18N6O3S. The normalized spacial score (nSPS) is 13.1. The molecule has 0 spiro atoms. The third-order valence-electron chi connectivity index (χ3n) is 2.22. The van der Waals surface area contributed by atoms with Crippen molar-refractivity contribution in [2.24, 2.45) is 5.84 Å². The van der Waals surface area contributed by atoms with Gasteiger partial charge in [-0.25, -0.2) is 24.2 Å². The molecule has 0 aromatic carbocycles. The Morgan fingerprint density at radius 1 is 1.25 bits per heavy atom. The summed E-state index contributed by atoms with van der Waals surface area (Å²) in [4.78, 5) is 18.9. The first-order chi connectivity index (χ1) is 9.26. The molecule has 9 nitrogen and oxygen atoms in total. The zero-order chi connectivity index (χ0) is 15.3. The number of hydrazine groups is 1. The molecule has 0 aliphatic carbocycles. The van der Waals surface area contributed by atoms with Crippen LogP contribution in [0.4, 0.5) is 5.95 Å². The fourth-order valence-electron chi connectivity index (χ4n) is 1.29. The van der Waals surface area contributed by atoms with Crippen molar-refractivity contribution in [1.29, 1.82) is 0 Å². The molecule has 0 bridgehead atoms. The summed E-state index contributed by atoms with van der Waals surface area (Å²) in [5.74, 6) is 4.76. The third-order valence-corrected chi connectivity index (χ3v) is 3.72. The summed E-state index contributed by atoms with van der Waals surface area (Å²) >= 11 is 0. The monoisotopic (exact) mass is 302 g/mol. The standard InChI is InChI=1S/C10H18N6O3S/c1-6(2)14-9(17)7(3)16-20(18,19)8-4-12-10(15-11)13-5-8/h4-7,16H,11H2,1-3H3,(H,14,17)(H,12,13,15). The first-order valence-electron chi connectivity index (χ1n) is 5.87. The van der Waals surface area contributed by atoms with E-state index < -0.39 is 22.0 Å². The minimum atomic E-state index is -3.87. The summed E-state index contributed by atoms with van der Waals surface area (Å²) in [6.45, 7) is 5.02. The summed E-state index contributed by atoms with van der Waals surface area (Å²) in [7, 11) is -3.87. The largest absolute Gasteiger partial charge is 0.353 e. The molecule has 1 atom stereocenters. The topological polar surface area (TPSA) is 139 Å². The molecule has 0 saturated heterocycles. The zero-order valence-corrected chi connectivity index (χ0v) is 12.2. The molecule has 1 unspecified atom stereocenters. The second kappa shape index (κ2) is 6.59. The van der Waals surface area contributed by atoms with E-state index in [9.17, 15) is 13.2 Å². The Morgan fingerprint density at radius 3 is 2.25 bits per heavy atom. The quantitative estimate of drug-likeness (QED) is 0.388. The van der Waals surface area contributed by atoms with Gasteiger partial charge in [0, 0.05) is 6.04 Å². The number of sulfonamides is 1. The van der Waals surface area contributed by atoms with Gasteiger partial charge in [-0.15, -0.1) is 0 Å². The van der Waals surface area contributed by atoms with E-state index >= 15 is 0 Å². The van der Waals surface area contributed by atoms with Crippen molar-refractivity contribution >= 4 is 21.9 Å². The van der Waals surface area contributed by atoms with Crippen molar-refractivity contribution in [1.82, 2.24) is 20.0 Å². The highest BCUT2D eigenvalue weighted by Gasteiger charge is 2.22. The number of carbonyl (C=O) groups is 1. The lowest BCUT2D eigenvalue weighted by atomic mass is 10.3. The van der Waals surface area contributed by atoms with Gasteiger partial charge in [0.2, 0.25) is 21.9 Å². The predicted molar refractivity (Wildman–Crippen MR) is 72.9 cm³/mol. The number of amides is 1. The summed E-state index contributed by atoms with van der Waals surface area (Å²) in [5, 5.41) is 2.61. The zero-order valence-electron chi connectivity index (χ0n) is 11.4. The average molecular weight is 302 g/mol. The van der Waals surface area contributed by atoms with Crippen molar-refractivity contribution < 1.29 is 13.2 Å². The number of aromatic nitrogens is 2. The summed E-state index contributed by atoms with van der Waals surface area (Å²) in [5.41, 5.74) is 2.18. The molecule has 112 valence electrons. The molecule has 10 heteroatoms. The second-order valence-corrected chi connectivity index (χ2v) is 6.11. The van der Waals surface area contributed by atoms with E-state index in [-0.39, 0.29) is 16.9 Å². The van der Waals surface area contributed by atoms with Crippen molar-refractivity contribution in [3.8, 4) is 0 Å². The van der Waals surface area contributed by atoms with E-state index in [2.05, 4.69) is 25.4 Å². The van der Waals surface area contributed by atoms with Gasteiger partial charge in [0.25, 0.3) is 0 Å². The molecule has 20 heavy (non-hydrogen) atoms. The Bertz CT molecular complexity index is 557. The fourth-order valence-corrected chi connectivity index (χ4v) is 2.38. The molecule has 0 saturated carbocycles.